The lowest BCUT2D eigenvalue weighted by Crippen LogP contribution is -2.43. The summed E-state index contributed by atoms with van der Waals surface area (Å²) < 4.78 is 16.4. The molecule has 0 N–H and O–H groups in total. The molecule has 3 rings (SSSR count). The maximum absolute atomic E-state index is 12.5. The quantitative estimate of drug-likeness (QED) is 0.729. The van der Waals surface area contributed by atoms with E-state index in [2.05, 4.69) is 9.97 Å². The average molecular weight is 369 g/mol. The van der Waals surface area contributed by atoms with E-state index in [-0.39, 0.29) is 12.0 Å². The van der Waals surface area contributed by atoms with Gasteiger partial charge in [-0.1, -0.05) is 6.07 Å². The number of rotatable bonds is 6. The predicted octanol–water partition coefficient (Wildman–Crippen LogP) is 2.58. The molecular weight excluding hydrogens is 346 g/mol. The van der Waals surface area contributed by atoms with E-state index in [1.54, 1.807) is 43.5 Å². The van der Waals surface area contributed by atoms with Gasteiger partial charge in [0.05, 0.1) is 20.8 Å². The van der Waals surface area contributed by atoms with Gasteiger partial charge >= 0.3 is 0 Å². The Balaban J connectivity index is 1.61. The number of piperidine rings is 1. The van der Waals surface area contributed by atoms with Crippen molar-refractivity contribution in [2.45, 2.75) is 18.9 Å². The topological polar surface area (TPSA) is 73.8 Å². The van der Waals surface area contributed by atoms with Crippen molar-refractivity contribution >= 4 is 12.0 Å². The summed E-state index contributed by atoms with van der Waals surface area (Å²) in [6.07, 6.45) is 8.17. The lowest BCUT2D eigenvalue weighted by molar-refractivity contribution is -0.128. The van der Waals surface area contributed by atoms with Crippen molar-refractivity contribution in [1.29, 1.82) is 0 Å². The number of ether oxygens (including phenoxy) is 3. The average Bonchev–Trinajstić information content (AvgIpc) is 2.72. The van der Waals surface area contributed by atoms with E-state index >= 15 is 0 Å². The summed E-state index contributed by atoms with van der Waals surface area (Å²) in [5.74, 6) is 1.77. The van der Waals surface area contributed by atoms with E-state index in [0.29, 0.717) is 23.9 Å². The van der Waals surface area contributed by atoms with Crippen LogP contribution in [0.3, 0.4) is 0 Å². The second-order valence-electron chi connectivity index (χ2n) is 6.16. The van der Waals surface area contributed by atoms with Gasteiger partial charge in [0.15, 0.2) is 11.5 Å². The molecule has 1 unspecified atom stereocenters. The molecule has 142 valence electrons. The zero-order valence-corrected chi connectivity index (χ0v) is 15.5. The van der Waals surface area contributed by atoms with Crippen molar-refractivity contribution in [1.82, 2.24) is 14.9 Å². The van der Waals surface area contributed by atoms with E-state index in [1.165, 1.54) is 6.33 Å². The molecule has 27 heavy (non-hydrogen) atoms. The SMILES string of the molecule is COc1ccc(/C=C/C(=O)N2CCCC(Oc3ccncn3)C2)cc1OC. The summed E-state index contributed by atoms with van der Waals surface area (Å²) in [6, 6.07) is 7.25. The molecule has 2 heterocycles. The molecule has 7 nitrogen and oxygen atoms in total. The first kappa shape index (κ1) is 18.7. The Bertz CT molecular complexity index is 795. The first-order valence-corrected chi connectivity index (χ1v) is 8.81. The molecule has 0 radical (unpaired) electrons. The second-order valence-corrected chi connectivity index (χ2v) is 6.16. The molecule has 0 saturated carbocycles. The van der Waals surface area contributed by atoms with Gasteiger partial charge in [0, 0.05) is 24.9 Å². The largest absolute Gasteiger partial charge is 0.493 e. The monoisotopic (exact) mass is 369 g/mol. The molecule has 1 saturated heterocycles. The Morgan fingerprint density at radius 1 is 1.22 bits per heavy atom. The Morgan fingerprint density at radius 3 is 2.81 bits per heavy atom. The first-order chi connectivity index (χ1) is 13.2. The third-order valence-corrected chi connectivity index (χ3v) is 4.36. The van der Waals surface area contributed by atoms with Gasteiger partial charge in [-0.25, -0.2) is 9.97 Å². The summed E-state index contributed by atoms with van der Waals surface area (Å²) >= 11 is 0. The van der Waals surface area contributed by atoms with Crippen LogP contribution < -0.4 is 14.2 Å². The number of hydrogen-bond acceptors (Lipinski definition) is 6. The fourth-order valence-electron chi connectivity index (χ4n) is 2.98. The third kappa shape index (κ3) is 4.97. The van der Waals surface area contributed by atoms with Gasteiger partial charge in [0.2, 0.25) is 11.8 Å². The highest BCUT2D eigenvalue weighted by atomic mass is 16.5. The van der Waals surface area contributed by atoms with Crippen LogP contribution >= 0.6 is 0 Å². The fourth-order valence-corrected chi connectivity index (χ4v) is 2.98. The lowest BCUT2D eigenvalue weighted by Gasteiger charge is -2.31. The van der Waals surface area contributed by atoms with Crippen molar-refractivity contribution < 1.29 is 19.0 Å². The molecule has 1 aromatic carbocycles. The van der Waals surface area contributed by atoms with E-state index in [9.17, 15) is 4.79 Å². The number of benzene rings is 1. The van der Waals surface area contributed by atoms with E-state index in [0.717, 1.165) is 24.9 Å². The van der Waals surface area contributed by atoms with Gasteiger partial charge in [0.1, 0.15) is 12.4 Å². The lowest BCUT2D eigenvalue weighted by atomic mass is 10.1. The maximum atomic E-state index is 12.5. The summed E-state index contributed by atoms with van der Waals surface area (Å²) in [5.41, 5.74) is 0.867. The Morgan fingerprint density at radius 2 is 2.07 bits per heavy atom. The zero-order valence-electron chi connectivity index (χ0n) is 15.5. The molecule has 0 aliphatic carbocycles. The third-order valence-electron chi connectivity index (χ3n) is 4.36. The van der Waals surface area contributed by atoms with Crippen LogP contribution in [-0.4, -0.2) is 54.2 Å². The van der Waals surface area contributed by atoms with Crippen LogP contribution in [0.1, 0.15) is 18.4 Å². The van der Waals surface area contributed by atoms with E-state index in [1.807, 2.05) is 18.2 Å². The van der Waals surface area contributed by atoms with Gasteiger partial charge < -0.3 is 19.1 Å². The van der Waals surface area contributed by atoms with Crippen LogP contribution in [0.4, 0.5) is 0 Å². The smallest absolute Gasteiger partial charge is 0.246 e. The first-order valence-electron chi connectivity index (χ1n) is 8.81. The highest BCUT2D eigenvalue weighted by Crippen LogP contribution is 2.28. The molecule has 0 bridgehead atoms. The van der Waals surface area contributed by atoms with E-state index in [4.69, 9.17) is 14.2 Å². The van der Waals surface area contributed by atoms with Crippen LogP contribution in [0.5, 0.6) is 17.4 Å². The Labute approximate surface area is 158 Å². The molecule has 1 atom stereocenters. The van der Waals surface area contributed by atoms with Crippen molar-refractivity contribution in [3.05, 3.63) is 48.4 Å². The van der Waals surface area contributed by atoms with Crippen molar-refractivity contribution in [3.63, 3.8) is 0 Å². The highest BCUT2D eigenvalue weighted by molar-refractivity contribution is 5.92. The van der Waals surface area contributed by atoms with Crippen LogP contribution in [0, 0.1) is 0 Å². The predicted molar refractivity (Wildman–Crippen MR) is 101 cm³/mol. The Hall–Kier alpha value is -3.09. The van der Waals surface area contributed by atoms with Crippen molar-refractivity contribution in [2.24, 2.45) is 0 Å². The summed E-state index contributed by atoms with van der Waals surface area (Å²) in [4.78, 5) is 22.3. The summed E-state index contributed by atoms with van der Waals surface area (Å²) in [6.45, 7) is 1.26. The van der Waals surface area contributed by atoms with Gasteiger partial charge in [0.25, 0.3) is 0 Å². The molecule has 7 heteroatoms. The zero-order chi connectivity index (χ0) is 19.1. The number of nitrogens with zero attached hydrogens (tertiary/aromatic N) is 3. The second kappa shape index (κ2) is 9.02. The van der Waals surface area contributed by atoms with Gasteiger partial charge in [-0.05, 0) is 36.6 Å². The molecule has 2 aromatic rings. The number of hydrogen-bond donors (Lipinski definition) is 0. The van der Waals surface area contributed by atoms with Crippen LogP contribution in [0.2, 0.25) is 0 Å². The molecular formula is C20H23N3O4. The molecule has 1 aliphatic heterocycles. The highest BCUT2D eigenvalue weighted by Gasteiger charge is 2.24. The molecule has 0 spiro atoms. The van der Waals surface area contributed by atoms with Crippen LogP contribution in [0.25, 0.3) is 6.08 Å². The number of likely N-dealkylation sites (tertiary alicyclic amines) is 1. The van der Waals surface area contributed by atoms with E-state index < -0.39 is 0 Å². The number of carbonyl (C=O) groups is 1. The fraction of sp³-hybridized carbons (Fsp3) is 0.350. The molecule has 1 fully saturated rings. The van der Waals surface area contributed by atoms with Crippen LogP contribution in [0.15, 0.2) is 42.9 Å². The Kier molecular flexibility index (Phi) is 6.25. The minimum atomic E-state index is -0.0629. The van der Waals surface area contributed by atoms with Gasteiger partial charge in [-0.15, -0.1) is 0 Å². The van der Waals surface area contributed by atoms with Crippen LogP contribution in [-0.2, 0) is 4.79 Å². The van der Waals surface area contributed by atoms with Gasteiger partial charge in [-0.2, -0.15) is 0 Å². The number of carbonyl (C=O) groups excluding carboxylic acids is 1. The van der Waals surface area contributed by atoms with Gasteiger partial charge in [-0.3, -0.25) is 4.79 Å². The summed E-state index contributed by atoms with van der Waals surface area (Å²) in [5, 5.41) is 0. The molecule has 1 aromatic heterocycles. The summed E-state index contributed by atoms with van der Waals surface area (Å²) in [7, 11) is 3.18. The van der Waals surface area contributed by atoms with Crippen molar-refractivity contribution in [3.8, 4) is 17.4 Å². The molecule has 1 aliphatic rings. The standard InChI is InChI=1S/C20H23N3O4/c1-25-17-7-5-15(12-18(17)26-2)6-8-20(24)23-11-3-4-16(13-23)27-19-9-10-21-14-22-19/h5-10,12,14,16H,3-4,11,13H2,1-2H3/b8-6+. The normalized spacial score (nSPS) is 17.0. The minimum absolute atomic E-state index is 0.0410. The maximum Gasteiger partial charge on any atom is 0.246 e. The molecule has 1 amide bonds. The number of amides is 1. The number of methoxy groups -OCH3 is 2. The minimum Gasteiger partial charge on any atom is -0.493 e. The number of aromatic nitrogens is 2. The van der Waals surface area contributed by atoms with Crippen molar-refractivity contribution in [2.75, 3.05) is 27.3 Å².